The first-order chi connectivity index (χ1) is 8.81. The quantitative estimate of drug-likeness (QED) is 0.877. The summed E-state index contributed by atoms with van der Waals surface area (Å²) in [5, 5.41) is 7.41. The van der Waals surface area contributed by atoms with Crippen molar-refractivity contribution < 1.29 is 0 Å². The van der Waals surface area contributed by atoms with Crippen molar-refractivity contribution >= 4 is 5.69 Å². The first-order valence-electron chi connectivity index (χ1n) is 6.05. The van der Waals surface area contributed by atoms with Crippen LogP contribution >= 0.6 is 0 Å². The van der Waals surface area contributed by atoms with Crippen LogP contribution in [-0.4, -0.2) is 20.8 Å². The molecule has 0 aliphatic heterocycles. The van der Waals surface area contributed by atoms with E-state index in [1.165, 1.54) is 17.5 Å². The standard InChI is InChI=1S/C13H14N4O/c18-13-7-12(16-10-4-5-10)8-15-17(13)9-11-3-1-2-6-14-11/h1-3,6-8,10,16H,4-5,9H2. The summed E-state index contributed by atoms with van der Waals surface area (Å²) >= 11 is 0. The highest BCUT2D eigenvalue weighted by Gasteiger charge is 2.21. The zero-order valence-corrected chi connectivity index (χ0v) is 9.91. The smallest absolute Gasteiger partial charge is 0.269 e. The van der Waals surface area contributed by atoms with Gasteiger partial charge in [-0.25, -0.2) is 4.68 Å². The van der Waals surface area contributed by atoms with Crippen molar-refractivity contribution in [1.29, 1.82) is 0 Å². The molecule has 5 nitrogen and oxygen atoms in total. The first kappa shape index (κ1) is 11.0. The fourth-order valence-corrected chi connectivity index (χ4v) is 1.74. The molecule has 1 aliphatic carbocycles. The van der Waals surface area contributed by atoms with E-state index in [0.29, 0.717) is 12.6 Å². The molecule has 3 rings (SSSR count). The van der Waals surface area contributed by atoms with Crippen LogP contribution in [0.25, 0.3) is 0 Å². The second kappa shape index (κ2) is 4.60. The number of anilines is 1. The molecule has 2 heterocycles. The zero-order valence-electron chi connectivity index (χ0n) is 9.91. The maximum Gasteiger partial charge on any atom is 0.269 e. The van der Waals surface area contributed by atoms with Gasteiger partial charge in [0.15, 0.2) is 0 Å². The number of nitrogens with zero attached hydrogens (tertiary/aromatic N) is 3. The molecule has 2 aromatic heterocycles. The van der Waals surface area contributed by atoms with E-state index in [4.69, 9.17) is 0 Å². The second-order valence-electron chi connectivity index (χ2n) is 4.48. The lowest BCUT2D eigenvalue weighted by Crippen LogP contribution is -2.23. The first-order valence-corrected chi connectivity index (χ1v) is 6.05. The summed E-state index contributed by atoms with van der Waals surface area (Å²) in [6.45, 7) is 0.406. The van der Waals surface area contributed by atoms with E-state index in [1.54, 1.807) is 18.5 Å². The molecule has 0 amide bonds. The minimum atomic E-state index is -0.105. The minimum absolute atomic E-state index is 0.105. The summed E-state index contributed by atoms with van der Waals surface area (Å²) in [5.74, 6) is 0. The van der Waals surface area contributed by atoms with Gasteiger partial charge in [0.05, 0.1) is 24.1 Å². The Balaban J connectivity index is 1.78. The molecule has 1 fully saturated rings. The van der Waals surface area contributed by atoms with E-state index in [1.807, 2.05) is 18.2 Å². The van der Waals surface area contributed by atoms with E-state index in [2.05, 4.69) is 15.4 Å². The van der Waals surface area contributed by atoms with Crippen LogP contribution < -0.4 is 10.9 Å². The number of rotatable bonds is 4. The van der Waals surface area contributed by atoms with Gasteiger partial charge >= 0.3 is 0 Å². The third-order valence-corrected chi connectivity index (χ3v) is 2.86. The van der Waals surface area contributed by atoms with Crippen LogP contribution in [-0.2, 0) is 6.54 Å². The monoisotopic (exact) mass is 242 g/mol. The predicted octanol–water partition coefficient (Wildman–Crippen LogP) is 1.26. The Labute approximate surface area is 104 Å². The van der Waals surface area contributed by atoms with Gasteiger partial charge in [-0.15, -0.1) is 0 Å². The van der Waals surface area contributed by atoms with E-state index in [0.717, 1.165) is 11.4 Å². The summed E-state index contributed by atoms with van der Waals surface area (Å²) in [4.78, 5) is 16.1. The molecule has 0 unspecified atom stereocenters. The molecule has 2 aromatic rings. The van der Waals surface area contributed by atoms with Crippen molar-refractivity contribution in [2.45, 2.75) is 25.4 Å². The molecule has 0 bridgehead atoms. The van der Waals surface area contributed by atoms with Gasteiger partial charge in [-0.3, -0.25) is 9.78 Å². The maximum atomic E-state index is 11.9. The van der Waals surface area contributed by atoms with Gasteiger partial charge in [-0.05, 0) is 25.0 Å². The fourth-order valence-electron chi connectivity index (χ4n) is 1.74. The molecule has 0 radical (unpaired) electrons. The van der Waals surface area contributed by atoms with Crippen LogP contribution in [0.1, 0.15) is 18.5 Å². The van der Waals surface area contributed by atoms with Gasteiger partial charge in [-0.1, -0.05) is 6.07 Å². The molecular formula is C13H14N4O. The molecule has 1 aliphatic rings. The van der Waals surface area contributed by atoms with Gasteiger partial charge in [0, 0.05) is 18.3 Å². The summed E-state index contributed by atoms with van der Waals surface area (Å²) < 4.78 is 1.42. The fraction of sp³-hybridized carbons (Fsp3) is 0.308. The van der Waals surface area contributed by atoms with E-state index < -0.39 is 0 Å². The van der Waals surface area contributed by atoms with Crippen LogP contribution in [0.3, 0.4) is 0 Å². The van der Waals surface area contributed by atoms with Crippen molar-refractivity contribution in [1.82, 2.24) is 14.8 Å². The van der Waals surface area contributed by atoms with E-state index in [9.17, 15) is 4.79 Å². The summed E-state index contributed by atoms with van der Waals surface area (Å²) in [5.41, 5.74) is 1.53. The van der Waals surface area contributed by atoms with Crippen molar-refractivity contribution in [3.8, 4) is 0 Å². The Kier molecular flexibility index (Phi) is 2.80. The molecule has 18 heavy (non-hydrogen) atoms. The highest BCUT2D eigenvalue weighted by atomic mass is 16.1. The third-order valence-electron chi connectivity index (χ3n) is 2.86. The topological polar surface area (TPSA) is 59.8 Å². The van der Waals surface area contributed by atoms with Crippen molar-refractivity contribution in [3.05, 3.63) is 52.7 Å². The van der Waals surface area contributed by atoms with Crippen LogP contribution in [0.4, 0.5) is 5.69 Å². The highest BCUT2D eigenvalue weighted by Crippen LogP contribution is 2.23. The Morgan fingerprint density at radius 2 is 2.28 bits per heavy atom. The molecule has 92 valence electrons. The molecular weight excluding hydrogens is 228 g/mol. The average Bonchev–Trinajstić information content (AvgIpc) is 3.18. The average molecular weight is 242 g/mol. The Morgan fingerprint density at radius 1 is 1.39 bits per heavy atom. The van der Waals surface area contributed by atoms with Gasteiger partial charge in [0.2, 0.25) is 0 Å². The minimum Gasteiger partial charge on any atom is -0.381 e. The van der Waals surface area contributed by atoms with E-state index >= 15 is 0 Å². The molecule has 5 heteroatoms. The third kappa shape index (κ3) is 2.56. The number of hydrogen-bond donors (Lipinski definition) is 1. The van der Waals surface area contributed by atoms with Crippen molar-refractivity contribution in [3.63, 3.8) is 0 Å². The maximum absolute atomic E-state index is 11.9. The van der Waals surface area contributed by atoms with Gasteiger partial charge in [0.25, 0.3) is 5.56 Å². The van der Waals surface area contributed by atoms with Crippen molar-refractivity contribution in [2.75, 3.05) is 5.32 Å². The molecule has 0 spiro atoms. The molecule has 1 saturated carbocycles. The lowest BCUT2D eigenvalue weighted by atomic mass is 10.3. The lowest BCUT2D eigenvalue weighted by Gasteiger charge is -2.06. The molecule has 0 atom stereocenters. The number of pyridine rings is 1. The highest BCUT2D eigenvalue weighted by molar-refractivity contribution is 5.41. The summed E-state index contributed by atoms with van der Waals surface area (Å²) in [6.07, 6.45) is 5.76. The number of nitrogens with one attached hydrogen (secondary N) is 1. The van der Waals surface area contributed by atoms with E-state index in [-0.39, 0.29) is 5.56 Å². The van der Waals surface area contributed by atoms with Crippen LogP contribution in [0.2, 0.25) is 0 Å². The predicted molar refractivity (Wildman–Crippen MR) is 68.5 cm³/mol. The van der Waals surface area contributed by atoms with Crippen molar-refractivity contribution in [2.24, 2.45) is 0 Å². The van der Waals surface area contributed by atoms with Gasteiger partial charge < -0.3 is 5.32 Å². The Morgan fingerprint density at radius 3 is 2.94 bits per heavy atom. The number of aromatic nitrogens is 3. The zero-order chi connectivity index (χ0) is 12.4. The Bertz CT molecular complexity index is 589. The molecule has 0 aromatic carbocycles. The summed E-state index contributed by atoms with van der Waals surface area (Å²) in [6, 6.07) is 7.75. The largest absolute Gasteiger partial charge is 0.381 e. The van der Waals surface area contributed by atoms with Gasteiger partial charge in [-0.2, -0.15) is 5.10 Å². The SMILES string of the molecule is O=c1cc(NC2CC2)cnn1Cc1ccccn1. The lowest BCUT2D eigenvalue weighted by molar-refractivity contribution is 0.628. The Hall–Kier alpha value is -2.17. The molecule has 1 N–H and O–H groups in total. The normalized spacial score (nSPS) is 14.4. The van der Waals surface area contributed by atoms with Crippen LogP contribution in [0.15, 0.2) is 41.5 Å². The number of hydrogen-bond acceptors (Lipinski definition) is 4. The molecule has 0 saturated heterocycles. The van der Waals surface area contributed by atoms with Crippen LogP contribution in [0, 0.1) is 0 Å². The second-order valence-corrected chi connectivity index (χ2v) is 4.48. The summed E-state index contributed by atoms with van der Waals surface area (Å²) in [7, 11) is 0. The van der Waals surface area contributed by atoms with Gasteiger partial charge in [0.1, 0.15) is 0 Å². The van der Waals surface area contributed by atoms with Crippen LogP contribution in [0.5, 0.6) is 0 Å².